The van der Waals surface area contributed by atoms with E-state index in [0.717, 1.165) is 18.4 Å². The highest BCUT2D eigenvalue weighted by Crippen LogP contribution is 2.40. The van der Waals surface area contributed by atoms with Crippen molar-refractivity contribution in [2.24, 2.45) is 0 Å². The van der Waals surface area contributed by atoms with Crippen LogP contribution in [0.5, 0.6) is 0 Å². The molecule has 2 heterocycles. The van der Waals surface area contributed by atoms with Crippen molar-refractivity contribution in [2.45, 2.75) is 29.3 Å². The Morgan fingerprint density at radius 2 is 1.92 bits per heavy atom. The average Bonchev–Trinajstić information content (AvgIpc) is 3.06. The number of hydrogen-bond acceptors (Lipinski definition) is 3. The van der Waals surface area contributed by atoms with Crippen molar-refractivity contribution in [3.8, 4) is 0 Å². The van der Waals surface area contributed by atoms with Crippen LogP contribution in [-0.4, -0.2) is 28.0 Å². The quantitative estimate of drug-likeness (QED) is 0.771. The van der Waals surface area contributed by atoms with Gasteiger partial charge in [-0.15, -0.1) is 0 Å². The van der Waals surface area contributed by atoms with Crippen LogP contribution in [0.15, 0.2) is 53.7 Å². The number of benzene rings is 1. The first-order chi connectivity index (χ1) is 11.9. The van der Waals surface area contributed by atoms with Gasteiger partial charge in [0.15, 0.2) is 0 Å². The van der Waals surface area contributed by atoms with E-state index in [-0.39, 0.29) is 28.4 Å². The molecule has 25 heavy (non-hydrogen) atoms. The lowest BCUT2D eigenvalue weighted by Crippen LogP contribution is -2.34. The van der Waals surface area contributed by atoms with E-state index in [1.54, 1.807) is 23.4 Å². The van der Waals surface area contributed by atoms with Crippen molar-refractivity contribution >= 4 is 23.5 Å². The molecule has 1 unspecified atom stereocenters. The van der Waals surface area contributed by atoms with Crippen molar-refractivity contribution in [3.05, 3.63) is 54.4 Å². The number of urea groups is 1. The Bertz CT molecular complexity index is 739. The highest BCUT2D eigenvalue weighted by atomic mass is 32.2. The van der Waals surface area contributed by atoms with Crippen molar-refractivity contribution in [3.63, 3.8) is 0 Å². The normalized spacial score (nSPS) is 17.6. The monoisotopic (exact) mass is 367 g/mol. The van der Waals surface area contributed by atoms with Crippen LogP contribution in [-0.2, 0) is 0 Å². The van der Waals surface area contributed by atoms with Crippen LogP contribution in [0.1, 0.15) is 24.4 Å². The molecular formula is C17H16F3N3OS. The van der Waals surface area contributed by atoms with Crippen LogP contribution < -0.4 is 5.32 Å². The molecule has 1 saturated heterocycles. The molecule has 4 nitrogen and oxygen atoms in total. The first-order valence-corrected chi connectivity index (χ1v) is 8.58. The Kier molecular flexibility index (Phi) is 5.17. The summed E-state index contributed by atoms with van der Waals surface area (Å²) in [4.78, 5) is 18.2. The molecule has 2 aromatic rings. The van der Waals surface area contributed by atoms with Gasteiger partial charge in [0, 0.05) is 23.8 Å². The predicted molar refractivity (Wildman–Crippen MR) is 90.3 cm³/mol. The maximum Gasteiger partial charge on any atom is 0.446 e. The Labute approximate surface area is 147 Å². The van der Waals surface area contributed by atoms with Crippen LogP contribution in [0.2, 0.25) is 0 Å². The van der Waals surface area contributed by atoms with Crippen molar-refractivity contribution in [2.75, 3.05) is 11.9 Å². The Hall–Kier alpha value is -2.22. The summed E-state index contributed by atoms with van der Waals surface area (Å²) in [5, 5.41) is 2.63. The van der Waals surface area contributed by atoms with Gasteiger partial charge in [-0.05, 0) is 54.4 Å². The number of likely N-dealkylation sites (tertiary alicyclic amines) is 1. The summed E-state index contributed by atoms with van der Waals surface area (Å²) in [5.41, 5.74) is -3.27. The third-order valence-corrected chi connectivity index (χ3v) is 4.77. The number of pyridine rings is 1. The SMILES string of the molecule is O=C(Nc1ccccc1SC(F)(F)F)N1CCCC1c1ccncc1. The first kappa shape index (κ1) is 17.6. The minimum atomic E-state index is -4.41. The molecule has 1 aliphatic rings. The number of halogens is 3. The second kappa shape index (κ2) is 7.35. The van der Waals surface area contributed by atoms with E-state index >= 15 is 0 Å². The number of amides is 2. The van der Waals surface area contributed by atoms with Gasteiger partial charge in [0.25, 0.3) is 0 Å². The maximum absolute atomic E-state index is 12.7. The molecule has 0 aliphatic carbocycles. The predicted octanol–water partition coefficient (Wildman–Crippen LogP) is 5.06. The van der Waals surface area contributed by atoms with E-state index in [1.807, 2.05) is 12.1 Å². The van der Waals surface area contributed by atoms with E-state index in [1.165, 1.54) is 18.2 Å². The number of hydrogen-bond donors (Lipinski definition) is 1. The molecular weight excluding hydrogens is 351 g/mol. The smallest absolute Gasteiger partial charge is 0.317 e. The first-order valence-electron chi connectivity index (χ1n) is 7.76. The van der Waals surface area contributed by atoms with Gasteiger partial charge in [0.05, 0.1) is 11.7 Å². The van der Waals surface area contributed by atoms with Crippen molar-refractivity contribution in [1.82, 2.24) is 9.88 Å². The van der Waals surface area contributed by atoms with Crippen LogP contribution >= 0.6 is 11.8 Å². The highest BCUT2D eigenvalue weighted by Gasteiger charge is 2.32. The zero-order valence-electron chi connectivity index (χ0n) is 13.2. The number of alkyl halides is 3. The number of carbonyl (C=O) groups is 1. The summed E-state index contributed by atoms with van der Waals surface area (Å²) in [5.74, 6) is 0. The van der Waals surface area contributed by atoms with E-state index in [0.29, 0.717) is 6.54 Å². The Morgan fingerprint density at radius 1 is 1.20 bits per heavy atom. The van der Waals surface area contributed by atoms with Gasteiger partial charge in [-0.3, -0.25) is 4.98 Å². The van der Waals surface area contributed by atoms with Gasteiger partial charge in [0.1, 0.15) is 0 Å². The number of para-hydroxylation sites is 1. The molecule has 8 heteroatoms. The molecule has 0 saturated carbocycles. The summed E-state index contributed by atoms with van der Waals surface area (Å²) >= 11 is -0.232. The van der Waals surface area contributed by atoms with E-state index in [4.69, 9.17) is 0 Å². The Balaban J connectivity index is 1.76. The lowest BCUT2D eigenvalue weighted by Gasteiger charge is -2.25. The number of aromatic nitrogens is 1. The summed E-state index contributed by atoms with van der Waals surface area (Å²) in [6.45, 7) is 0.563. The molecule has 1 aromatic carbocycles. The molecule has 1 aromatic heterocycles. The minimum absolute atomic E-state index is 0.0250. The largest absolute Gasteiger partial charge is 0.446 e. The lowest BCUT2D eigenvalue weighted by molar-refractivity contribution is -0.0328. The Morgan fingerprint density at radius 3 is 2.64 bits per heavy atom. The average molecular weight is 367 g/mol. The van der Waals surface area contributed by atoms with Gasteiger partial charge in [0.2, 0.25) is 0 Å². The number of anilines is 1. The molecule has 0 bridgehead atoms. The molecule has 1 N–H and O–H groups in total. The van der Waals surface area contributed by atoms with Gasteiger partial charge < -0.3 is 10.2 Å². The summed E-state index contributed by atoms with van der Waals surface area (Å²) in [7, 11) is 0. The van der Waals surface area contributed by atoms with Gasteiger partial charge >= 0.3 is 11.5 Å². The molecule has 1 fully saturated rings. The maximum atomic E-state index is 12.7. The second-order valence-corrected chi connectivity index (χ2v) is 6.71. The molecule has 1 atom stereocenters. The fourth-order valence-corrected chi connectivity index (χ4v) is 3.54. The van der Waals surface area contributed by atoms with Gasteiger partial charge in [-0.1, -0.05) is 12.1 Å². The second-order valence-electron chi connectivity index (χ2n) is 5.61. The van der Waals surface area contributed by atoms with E-state index in [9.17, 15) is 18.0 Å². The molecule has 2 amide bonds. The topological polar surface area (TPSA) is 45.2 Å². The molecule has 3 rings (SSSR count). The molecule has 1 aliphatic heterocycles. The number of nitrogens with one attached hydrogen (secondary N) is 1. The van der Waals surface area contributed by atoms with E-state index < -0.39 is 11.5 Å². The third-order valence-electron chi connectivity index (χ3n) is 3.96. The van der Waals surface area contributed by atoms with Crippen LogP contribution in [0.25, 0.3) is 0 Å². The summed E-state index contributed by atoms with van der Waals surface area (Å²) < 4.78 is 38.0. The van der Waals surface area contributed by atoms with Gasteiger partial charge in [-0.25, -0.2) is 4.79 Å². The minimum Gasteiger partial charge on any atom is -0.317 e. The summed E-state index contributed by atoms with van der Waals surface area (Å²) in [6.07, 6.45) is 4.99. The van der Waals surface area contributed by atoms with Crippen LogP contribution in [0, 0.1) is 0 Å². The summed E-state index contributed by atoms with van der Waals surface area (Å²) in [6, 6.07) is 9.15. The third kappa shape index (κ3) is 4.45. The van der Waals surface area contributed by atoms with Crippen LogP contribution in [0.4, 0.5) is 23.7 Å². The molecule has 0 spiro atoms. The number of thioether (sulfide) groups is 1. The zero-order chi connectivity index (χ0) is 17.9. The highest BCUT2D eigenvalue weighted by molar-refractivity contribution is 8.00. The van der Waals surface area contributed by atoms with Gasteiger partial charge in [-0.2, -0.15) is 13.2 Å². The fourth-order valence-electron chi connectivity index (χ4n) is 2.91. The van der Waals surface area contributed by atoms with Crippen molar-refractivity contribution in [1.29, 1.82) is 0 Å². The van der Waals surface area contributed by atoms with Crippen molar-refractivity contribution < 1.29 is 18.0 Å². The number of nitrogens with zero attached hydrogens (tertiary/aromatic N) is 2. The number of carbonyl (C=O) groups excluding carboxylic acids is 1. The van der Waals surface area contributed by atoms with E-state index in [2.05, 4.69) is 10.3 Å². The molecule has 132 valence electrons. The number of rotatable bonds is 3. The molecule has 0 radical (unpaired) electrons. The van der Waals surface area contributed by atoms with Crippen LogP contribution in [0.3, 0.4) is 0 Å². The zero-order valence-corrected chi connectivity index (χ0v) is 14.0. The fraction of sp³-hybridized carbons (Fsp3) is 0.294. The standard InChI is InChI=1S/C17H16F3N3OS/c18-17(19,20)25-15-6-2-1-4-13(15)22-16(24)23-11-3-5-14(23)12-7-9-21-10-8-12/h1-2,4,6-10,14H,3,5,11H2,(H,22,24). The lowest BCUT2D eigenvalue weighted by atomic mass is 10.1.